The van der Waals surface area contributed by atoms with Gasteiger partial charge in [0.2, 0.25) is 5.91 Å². The minimum atomic E-state index is 0.142. The molecule has 1 aliphatic carbocycles. The Morgan fingerprint density at radius 1 is 1.19 bits per heavy atom. The molecule has 0 heterocycles. The Morgan fingerprint density at radius 3 is 2.44 bits per heavy atom. The van der Waals surface area contributed by atoms with Gasteiger partial charge in [-0.1, -0.05) is 56.9 Å². The maximum Gasteiger partial charge on any atom is 0.224 e. The van der Waals surface area contributed by atoms with Crippen molar-refractivity contribution in [3.63, 3.8) is 0 Å². The lowest BCUT2D eigenvalue weighted by Crippen LogP contribution is -2.34. The van der Waals surface area contributed by atoms with Crippen molar-refractivity contribution in [1.82, 2.24) is 5.32 Å². The van der Waals surface area contributed by atoms with Gasteiger partial charge in [0.15, 0.2) is 0 Å². The van der Waals surface area contributed by atoms with Gasteiger partial charge in [-0.2, -0.15) is 0 Å². The second kappa shape index (κ2) is 8.14. The van der Waals surface area contributed by atoms with Gasteiger partial charge >= 0.3 is 0 Å². The third-order valence-electron chi connectivity index (χ3n) is 3.05. The van der Waals surface area contributed by atoms with Gasteiger partial charge in [-0.25, -0.2) is 0 Å². The maximum absolute atomic E-state index is 11.6. The molecule has 0 spiro atoms. The van der Waals surface area contributed by atoms with Crippen LogP contribution in [0.15, 0.2) is 24.8 Å². The van der Waals surface area contributed by atoms with E-state index < -0.39 is 0 Å². The van der Waals surface area contributed by atoms with Crippen molar-refractivity contribution in [3.8, 4) is 0 Å². The molecule has 1 saturated carbocycles. The van der Waals surface area contributed by atoms with E-state index in [1.165, 1.54) is 32.1 Å². The van der Waals surface area contributed by atoms with E-state index in [1.54, 1.807) is 6.08 Å². The summed E-state index contributed by atoms with van der Waals surface area (Å²) in [6.07, 6.45) is 14.7. The third-order valence-corrected chi connectivity index (χ3v) is 3.05. The molecule has 1 N–H and O–H groups in total. The van der Waals surface area contributed by atoms with Crippen molar-refractivity contribution in [2.45, 2.75) is 57.4 Å². The number of rotatable bonds is 4. The predicted octanol–water partition coefficient (Wildman–Crippen LogP) is 3.35. The molecule has 0 aromatic rings. The molecule has 0 bridgehead atoms. The van der Waals surface area contributed by atoms with E-state index in [2.05, 4.69) is 11.9 Å². The summed E-state index contributed by atoms with van der Waals surface area (Å²) in [6, 6.07) is 0.407. The molecule has 0 aromatic heterocycles. The lowest BCUT2D eigenvalue weighted by molar-refractivity contribution is -0.121. The molecular weight excluding hydrogens is 198 g/mol. The smallest absolute Gasteiger partial charge is 0.224 e. The van der Waals surface area contributed by atoms with Gasteiger partial charge in [0.05, 0.1) is 0 Å². The first kappa shape index (κ1) is 13.0. The van der Waals surface area contributed by atoms with Gasteiger partial charge in [-0.05, 0) is 12.8 Å². The van der Waals surface area contributed by atoms with Gasteiger partial charge in [0.1, 0.15) is 0 Å². The Labute approximate surface area is 98.8 Å². The van der Waals surface area contributed by atoms with Gasteiger partial charge in [0.25, 0.3) is 0 Å². The Morgan fingerprint density at radius 2 is 1.81 bits per heavy atom. The van der Waals surface area contributed by atoms with Gasteiger partial charge < -0.3 is 5.32 Å². The van der Waals surface area contributed by atoms with Crippen LogP contribution in [0.3, 0.4) is 0 Å². The molecule has 0 unspecified atom stereocenters. The second-order valence-corrected chi connectivity index (χ2v) is 4.48. The van der Waals surface area contributed by atoms with Crippen LogP contribution in [0.2, 0.25) is 0 Å². The molecule has 0 aromatic carbocycles. The number of allylic oxidation sites excluding steroid dienone is 2. The summed E-state index contributed by atoms with van der Waals surface area (Å²) in [5, 5.41) is 3.12. The quantitative estimate of drug-likeness (QED) is 0.725. The molecule has 1 aliphatic rings. The van der Waals surface area contributed by atoms with Crippen molar-refractivity contribution in [2.24, 2.45) is 0 Å². The maximum atomic E-state index is 11.6. The topological polar surface area (TPSA) is 29.1 Å². The Hall–Kier alpha value is -1.05. The average Bonchev–Trinajstić information content (AvgIpc) is 2.22. The average molecular weight is 221 g/mol. The van der Waals surface area contributed by atoms with E-state index in [0.717, 1.165) is 12.8 Å². The van der Waals surface area contributed by atoms with Gasteiger partial charge in [0, 0.05) is 12.5 Å². The monoisotopic (exact) mass is 221 g/mol. The van der Waals surface area contributed by atoms with Crippen LogP contribution in [0.1, 0.15) is 51.4 Å². The normalized spacial score (nSPS) is 19.0. The fraction of sp³-hybridized carbons (Fsp3) is 0.643. The molecule has 0 atom stereocenters. The zero-order valence-corrected chi connectivity index (χ0v) is 10.1. The molecule has 1 rings (SSSR count). The number of carbonyl (C=O) groups is 1. The summed E-state index contributed by atoms with van der Waals surface area (Å²) in [4.78, 5) is 11.6. The highest BCUT2D eigenvalue weighted by Crippen LogP contribution is 2.17. The predicted molar refractivity (Wildman–Crippen MR) is 68.2 cm³/mol. The van der Waals surface area contributed by atoms with Gasteiger partial charge in [-0.3, -0.25) is 4.79 Å². The van der Waals surface area contributed by atoms with Gasteiger partial charge in [-0.15, -0.1) is 0 Å². The molecule has 16 heavy (non-hydrogen) atoms. The lowest BCUT2D eigenvalue weighted by atomic mass is 9.96. The van der Waals surface area contributed by atoms with Crippen LogP contribution >= 0.6 is 0 Å². The van der Waals surface area contributed by atoms with E-state index in [-0.39, 0.29) is 5.91 Å². The first-order chi connectivity index (χ1) is 7.83. The first-order valence-corrected chi connectivity index (χ1v) is 6.40. The van der Waals surface area contributed by atoms with Crippen LogP contribution in [0, 0.1) is 0 Å². The minimum Gasteiger partial charge on any atom is -0.353 e. The fourth-order valence-corrected chi connectivity index (χ4v) is 2.16. The van der Waals surface area contributed by atoms with Crippen molar-refractivity contribution in [2.75, 3.05) is 0 Å². The Bertz CT molecular complexity index is 237. The lowest BCUT2D eigenvalue weighted by Gasteiger charge is -2.20. The summed E-state index contributed by atoms with van der Waals surface area (Å²) >= 11 is 0. The van der Waals surface area contributed by atoms with Crippen LogP contribution in [0.5, 0.6) is 0 Å². The minimum absolute atomic E-state index is 0.142. The van der Waals surface area contributed by atoms with Crippen LogP contribution in [-0.4, -0.2) is 11.9 Å². The standard InChI is InChI=1S/C14H23NO/c1-2-3-7-12-14(16)15-13-10-8-5-4-6-9-11-13/h2-3,7,13H,1,4-6,8-12H2,(H,15,16)/b7-3-. The van der Waals surface area contributed by atoms with Crippen LogP contribution in [0.4, 0.5) is 0 Å². The zero-order chi connectivity index (χ0) is 11.6. The van der Waals surface area contributed by atoms with Crippen LogP contribution in [0.25, 0.3) is 0 Å². The molecule has 0 aliphatic heterocycles. The number of carbonyl (C=O) groups excluding carboxylic acids is 1. The molecule has 90 valence electrons. The second-order valence-electron chi connectivity index (χ2n) is 4.48. The van der Waals surface area contributed by atoms with Crippen molar-refractivity contribution < 1.29 is 4.79 Å². The number of hydrogen-bond acceptors (Lipinski definition) is 1. The largest absolute Gasteiger partial charge is 0.353 e. The van der Waals surface area contributed by atoms with Crippen molar-refractivity contribution >= 4 is 5.91 Å². The number of nitrogens with one attached hydrogen (secondary N) is 1. The highest BCUT2D eigenvalue weighted by Gasteiger charge is 2.12. The SMILES string of the molecule is C=C/C=C\CC(=O)NC1CCCCCCC1. The molecule has 0 saturated heterocycles. The van der Waals surface area contributed by atoms with E-state index in [0.29, 0.717) is 12.5 Å². The Kier molecular flexibility index (Phi) is 6.62. The molecule has 2 heteroatoms. The summed E-state index contributed by atoms with van der Waals surface area (Å²) in [5.41, 5.74) is 0. The van der Waals surface area contributed by atoms with E-state index >= 15 is 0 Å². The first-order valence-electron chi connectivity index (χ1n) is 6.40. The van der Waals surface area contributed by atoms with Crippen molar-refractivity contribution in [1.29, 1.82) is 0 Å². The third kappa shape index (κ3) is 5.74. The highest BCUT2D eigenvalue weighted by molar-refractivity contribution is 5.77. The van der Waals surface area contributed by atoms with E-state index in [9.17, 15) is 4.79 Å². The number of amides is 1. The van der Waals surface area contributed by atoms with Crippen LogP contribution in [-0.2, 0) is 4.79 Å². The fourth-order valence-electron chi connectivity index (χ4n) is 2.16. The zero-order valence-electron chi connectivity index (χ0n) is 10.1. The molecule has 0 radical (unpaired) electrons. The summed E-state index contributed by atoms with van der Waals surface area (Å²) in [7, 11) is 0. The highest BCUT2D eigenvalue weighted by atomic mass is 16.1. The number of hydrogen-bond donors (Lipinski definition) is 1. The summed E-state index contributed by atoms with van der Waals surface area (Å²) in [6.45, 7) is 3.58. The molecule has 2 nitrogen and oxygen atoms in total. The Balaban J connectivity index is 2.24. The molecule has 1 fully saturated rings. The van der Waals surface area contributed by atoms with Crippen molar-refractivity contribution in [3.05, 3.63) is 24.8 Å². The molecular formula is C14H23NO. The molecule has 1 amide bonds. The van der Waals surface area contributed by atoms with E-state index in [1.807, 2.05) is 12.2 Å². The van der Waals surface area contributed by atoms with Crippen LogP contribution < -0.4 is 5.32 Å². The van der Waals surface area contributed by atoms with E-state index in [4.69, 9.17) is 0 Å². The summed E-state index contributed by atoms with van der Waals surface area (Å²) < 4.78 is 0. The summed E-state index contributed by atoms with van der Waals surface area (Å²) in [5.74, 6) is 0.142.